The van der Waals surface area contributed by atoms with Crippen molar-refractivity contribution in [1.29, 1.82) is 0 Å². The van der Waals surface area contributed by atoms with E-state index in [0.29, 0.717) is 11.8 Å². The van der Waals surface area contributed by atoms with Crippen molar-refractivity contribution in [1.82, 2.24) is 0 Å². The van der Waals surface area contributed by atoms with Crippen LogP contribution in [-0.4, -0.2) is 5.11 Å². The Bertz CT molecular complexity index is 633. The third kappa shape index (κ3) is 2.03. The Hall–Kier alpha value is -1.60. The molecule has 0 radical (unpaired) electrons. The van der Waals surface area contributed by atoms with Crippen LogP contribution in [0.2, 0.25) is 0 Å². The summed E-state index contributed by atoms with van der Waals surface area (Å²) in [6.45, 7) is 0. The summed E-state index contributed by atoms with van der Waals surface area (Å²) in [6, 6.07) is 18.8. The summed E-state index contributed by atoms with van der Waals surface area (Å²) in [4.78, 5) is 0. The first kappa shape index (κ1) is 13.1. The Balaban J connectivity index is 1.88. The number of hydrogen-bond donors (Lipinski definition) is 1. The molecular formula is C20H22O. The molecule has 2 aromatic carbocycles. The SMILES string of the molecule is OC1(c2ccccc2)C[C@@H]2CCCC[C@H]2c2ccccc21. The second-order valence-corrected chi connectivity index (χ2v) is 6.67. The van der Waals surface area contributed by atoms with E-state index >= 15 is 0 Å². The largest absolute Gasteiger partial charge is 0.380 e. The molecule has 1 nitrogen and oxygen atoms in total. The Labute approximate surface area is 126 Å². The quantitative estimate of drug-likeness (QED) is 0.808. The van der Waals surface area contributed by atoms with Crippen molar-refractivity contribution < 1.29 is 5.11 Å². The van der Waals surface area contributed by atoms with Crippen molar-refractivity contribution in [3.8, 4) is 0 Å². The summed E-state index contributed by atoms with van der Waals surface area (Å²) >= 11 is 0. The van der Waals surface area contributed by atoms with Gasteiger partial charge in [0.2, 0.25) is 0 Å². The Morgan fingerprint density at radius 1 is 0.857 bits per heavy atom. The van der Waals surface area contributed by atoms with E-state index in [-0.39, 0.29) is 0 Å². The first-order valence-corrected chi connectivity index (χ1v) is 8.16. The zero-order valence-electron chi connectivity index (χ0n) is 12.3. The number of aliphatic hydroxyl groups is 1. The minimum absolute atomic E-state index is 0.624. The second-order valence-electron chi connectivity index (χ2n) is 6.67. The van der Waals surface area contributed by atoms with Gasteiger partial charge in [0.05, 0.1) is 0 Å². The average Bonchev–Trinajstić information content (AvgIpc) is 2.56. The molecule has 4 rings (SSSR count). The molecule has 2 aromatic rings. The summed E-state index contributed by atoms with van der Waals surface area (Å²) in [5, 5.41) is 11.5. The fraction of sp³-hybridized carbons (Fsp3) is 0.400. The van der Waals surface area contributed by atoms with Crippen LogP contribution in [0.4, 0.5) is 0 Å². The molecule has 0 amide bonds. The van der Waals surface area contributed by atoms with Gasteiger partial charge in [0.1, 0.15) is 5.60 Å². The lowest BCUT2D eigenvalue weighted by Crippen LogP contribution is -2.39. The van der Waals surface area contributed by atoms with E-state index in [9.17, 15) is 5.11 Å². The third-order valence-corrected chi connectivity index (χ3v) is 5.52. The van der Waals surface area contributed by atoms with Gasteiger partial charge in [-0.2, -0.15) is 0 Å². The normalized spacial score (nSPS) is 31.3. The van der Waals surface area contributed by atoms with Gasteiger partial charge in [-0.1, -0.05) is 67.4 Å². The predicted molar refractivity (Wildman–Crippen MR) is 85.2 cm³/mol. The lowest BCUT2D eigenvalue weighted by atomic mass is 9.61. The van der Waals surface area contributed by atoms with E-state index in [1.807, 2.05) is 18.2 Å². The van der Waals surface area contributed by atoms with Crippen molar-refractivity contribution in [2.45, 2.75) is 43.6 Å². The molecule has 21 heavy (non-hydrogen) atoms. The highest BCUT2D eigenvalue weighted by atomic mass is 16.3. The summed E-state index contributed by atoms with van der Waals surface area (Å²) in [7, 11) is 0. The van der Waals surface area contributed by atoms with Gasteiger partial charge in [-0.05, 0) is 47.8 Å². The molecular weight excluding hydrogens is 256 g/mol. The van der Waals surface area contributed by atoms with Crippen LogP contribution in [0.25, 0.3) is 0 Å². The molecule has 1 fully saturated rings. The summed E-state index contributed by atoms with van der Waals surface area (Å²) < 4.78 is 0. The highest BCUT2D eigenvalue weighted by molar-refractivity contribution is 5.45. The van der Waals surface area contributed by atoms with Gasteiger partial charge in [-0.15, -0.1) is 0 Å². The van der Waals surface area contributed by atoms with Gasteiger partial charge >= 0.3 is 0 Å². The summed E-state index contributed by atoms with van der Waals surface area (Å²) in [5.41, 5.74) is 2.76. The van der Waals surface area contributed by atoms with E-state index in [0.717, 1.165) is 17.5 Å². The molecule has 1 heteroatoms. The molecule has 0 aromatic heterocycles. The lowest BCUT2D eigenvalue weighted by molar-refractivity contribution is 0.0259. The van der Waals surface area contributed by atoms with Crippen LogP contribution < -0.4 is 0 Å². The maximum absolute atomic E-state index is 11.5. The van der Waals surface area contributed by atoms with Crippen LogP contribution in [-0.2, 0) is 5.60 Å². The van der Waals surface area contributed by atoms with Gasteiger partial charge in [0.15, 0.2) is 0 Å². The monoisotopic (exact) mass is 278 g/mol. The molecule has 0 saturated heterocycles. The average molecular weight is 278 g/mol. The molecule has 0 heterocycles. The van der Waals surface area contributed by atoms with Crippen LogP contribution in [0.5, 0.6) is 0 Å². The van der Waals surface area contributed by atoms with Crippen LogP contribution in [0.1, 0.15) is 54.7 Å². The van der Waals surface area contributed by atoms with E-state index in [1.54, 1.807) is 0 Å². The molecule has 108 valence electrons. The van der Waals surface area contributed by atoms with E-state index in [2.05, 4.69) is 36.4 Å². The van der Waals surface area contributed by atoms with Crippen molar-refractivity contribution in [2.75, 3.05) is 0 Å². The van der Waals surface area contributed by atoms with E-state index < -0.39 is 5.60 Å². The van der Waals surface area contributed by atoms with Crippen molar-refractivity contribution in [2.24, 2.45) is 5.92 Å². The molecule has 0 aliphatic heterocycles. The molecule has 1 N–H and O–H groups in total. The molecule has 2 aliphatic rings. The van der Waals surface area contributed by atoms with E-state index in [1.165, 1.54) is 31.2 Å². The van der Waals surface area contributed by atoms with Crippen LogP contribution in [0.15, 0.2) is 54.6 Å². The van der Waals surface area contributed by atoms with Crippen LogP contribution in [0.3, 0.4) is 0 Å². The Kier molecular flexibility index (Phi) is 3.11. The van der Waals surface area contributed by atoms with Gasteiger partial charge in [-0.25, -0.2) is 0 Å². The van der Waals surface area contributed by atoms with Crippen LogP contribution in [0, 0.1) is 5.92 Å². The highest BCUT2D eigenvalue weighted by Gasteiger charge is 2.44. The first-order valence-electron chi connectivity index (χ1n) is 8.16. The zero-order chi connectivity index (χ0) is 14.3. The van der Waals surface area contributed by atoms with Gasteiger partial charge in [0, 0.05) is 0 Å². The molecule has 3 atom stereocenters. The van der Waals surface area contributed by atoms with Crippen molar-refractivity contribution in [3.05, 3.63) is 71.3 Å². The minimum Gasteiger partial charge on any atom is -0.380 e. The third-order valence-electron chi connectivity index (χ3n) is 5.52. The molecule has 1 saturated carbocycles. The maximum Gasteiger partial charge on any atom is 0.115 e. The number of rotatable bonds is 1. The van der Waals surface area contributed by atoms with Crippen LogP contribution >= 0.6 is 0 Å². The standard InChI is InChI=1S/C20H22O/c21-20(16-9-2-1-3-10-16)14-15-8-4-5-11-17(15)18-12-6-7-13-19(18)20/h1-3,6-7,9-10,12-13,15,17,21H,4-5,8,11,14H2/t15-,17+,20?/m0/s1. The Morgan fingerprint density at radius 3 is 2.43 bits per heavy atom. The zero-order valence-corrected chi connectivity index (χ0v) is 12.3. The van der Waals surface area contributed by atoms with Gasteiger partial charge in [-0.3, -0.25) is 0 Å². The smallest absolute Gasteiger partial charge is 0.115 e. The van der Waals surface area contributed by atoms with Gasteiger partial charge < -0.3 is 5.11 Å². The second kappa shape index (κ2) is 4.99. The number of benzene rings is 2. The highest BCUT2D eigenvalue weighted by Crippen LogP contribution is 2.52. The molecule has 0 spiro atoms. The molecule has 0 bridgehead atoms. The predicted octanol–water partition coefficient (Wildman–Crippen LogP) is 4.60. The van der Waals surface area contributed by atoms with E-state index in [4.69, 9.17) is 0 Å². The first-order chi connectivity index (χ1) is 10.3. The van der Waals surface area contributed by atoms with Crippen molar-refractivity contribution >= 4 is 0 Å². The minimum atomic E-state index is -0.809. The maximum atomic E-state index is 11.5. The number of hydrogen-bond acceptors (Lipinski definition) is 1. The fourth-order valence-electron chi connectivity index (χ4n) is 4.54. The molecule has 2 aliphatic carbocycles. The van der Waals surface area contributed by atoms with Gasteiger partial charge in [0.25, 0.3) is 0 Å². The molecule has 1 unspecified atom stereocenters. The van der Waals surface area contributed by atoms with Crippen molar-refractivity contribution in [3.63, 3.8) is 0 Å². The summed E-state index contributed by atoms with van der Waals surface area (Å²) in [6.07, 6.45) is 6.06. The fourth-order valence-corrected chi connectivity index (χ4v) is 4.54. The topological polar surface area (TPSA) is 20.2 Å². The number of fused-ring (bicyclic) bond motifs is 3. The Morgan fingerprint density at radius 2 is 1.57 bits per heavy atom. The summed E-state index contributed by atoms with van der Waals surface area (Å²) in [5.74, 6) is 1.28. The lowest BCUT2D eigenvalue weighted by Gasteiger charge is -2.45.